The quantitative estimate of drug-likeness (QED) is 0.433. The fourth-order valence-electron chi connectivity index (χ4n) is 1.35. The summed E-state index contributed by atoms with van der Waals surface area (Å²) >= 11 is 0.0527. The van der Waals surface area contributed by atoms with E-state index in [4.69, 9.17) is 5.14 Å². The van der Waals surface area contributed by atoms with Gasteiger partial charge in [0.2, 0.25) is 15.3 Å². The number of sulfonamides is 2. The fourth-order valence-corrected chi connectivity index (χ4v) is 4.06. The lowest BCUT2D eigenvalue weighted by atomic mass is 10.3. The predicted octanol–water partition coefficient (Wildman–Crippen LogP) is 0.682. The minimum atomic E-state index is -5.34. The maximum absolute atomic E-state index is 13.5. The highest BCUT2D eigenvalue weighted by Gasteiger charge is 2.34. The highest BCUT2D eigenvalue weighted by Crippen LogP contribution is 2.29. The molecule has 1 heterocycles. The molecule has 1 aromatic heterocycles. The van der Waals surface area contributed by atoms with Crippen LogP contribution in [0, 0.1) is 29.1 Å². The van der Waals surface area contributed by atoms with Gasteiger partial charge in [-0.25, -0.2) is 43.9 Å². The Morgan fingerprint density at radius 1 is 0.833 bits per heavy atom. The third-order valence-corrected chi connectivity index (χ3v) is 5.95. The number of nitrogens with one attached hydrogen (secondary N) is 1. The molecule has 0 unspecified atom stereocenters. The molecule has 0 aliphatic carbocycles. The van der Waals surface area contributed by atoms with E-state index >= 15 is 0 Å². The van der Waals surface area contributed by atoms with Crippen LogP contribution in [-0.2, 0) is 20.0 Å². The molecule has 0 amide bonds. The Bertz CT molecular complexity index is 1010. The summed E-state index contributed by atoms with van der Waals surface area (Å²) in [5.41, 5.74) is 0. The molecule has 24 heavy (non-hydrogen) atoms. The second kappa shape index (κ2) is 5.87. The van der Waals surface area contributed by atoms with Crippen LogP contribution in [0.25, 0.3) is 0 Å². The minimum absolute atomic E-state index is 0.0527. The van der Waals surface area contributed by atoms with Crippen LogP contribution >= 0.6 is 11.3 Å². The third kappa shape index (κ3) is 3.17. The van der Waals surface area contributed by atoms with E-state index in [1.165, 1.54) is 4.72 Å². The Labute approximate surface area is 134 Å². The van der Waals surface area contributed by atoms with Gasteiger partial charge in [0.15, 0.2) is 28.2 Å². The summed E-state index contributed by atoms with van der Waals surface area (Å²) in [4.78, 5) is -2.16. The van der Waals surface area contributed by atoms with Crippen LogP contribution in [0.2, 0.25) is 0 Å². The van der Waals surface area contributed by atoms with E-state index in [0.29, 0.717) is 0 Å². The number of benzene rings is 1. The highest BCUT2D eigenvalue weighted by molar-refractivity contribution is 7.93. The molecule has 1 aromatic carbocycles. The number of hydrogen-bond acceptors (Lipinski definition) is 7. The molecule has 2 rings (SSSR count). The molecule has 0 saturated carbocycles. The van der Waals surface area contributed by atoms with Crippen LogP contribution in [0.5, 0.6) is 0 Å². The molecule has 0 aliphatic rings. The summed E-state index contributed by atoms with van der Waals surface area (Å²) in [5.74, 6) is -12.7. The van der Waals surface area contributed by atoms with Crippen molar-refractivity contribution in [1.82, 2.24) is 10.2 Å². The first-order chi connectivity index (χ1) is 10.9. The van der Waals surface area contributed by atoms with E-state index in [1.807, 2.05) is 0 Å². The van der Waals surface area contributed by atoms with Gasteiger partial charge in [0, 0.05) is 0 Å². The standard InChI is InChI=1S/C8H3F5N4O4S3/c9-1-2(10)4(12)6(5(13)3(1)11)24(20,21)17-7-15-16-8(22-7)23(14,18)19/h(H,15,17)(H2,14,18,19). The highest BCUT2D eigenvalue weighted by atomic mass is 32.2. The predicted molar refractivity (Wildman–Crippen MR) is 68.3 cm³/mol. The Balaban J connectivity index is 2.55. The van der Waals surface area contributed by atoms with Gasteiger partial charge in [0.05, 0.1) is 0 Å². The number of rotatable bonds is 4. The Morgan fingerprint density at radius 2 is 1.29 bits per heavy atom. The second-order valence-electron chi connectivity index (χ2n) is 3.92. The third-order valence-electron chi connectivity index (χ3n) is 2.31. The lowest BCUT2D eigenvalue weighted by molar-refractivity contribution is 0.358. The first kappa shape index (κ1) is 18.4. The summed E-state index contributed by atoms with van der Waals surface area (Å²) in [6.45, 7) is 0. The largest absolute Gasteiger partial charge is 0.269 e. The number of aromatic nitrogens is 2. The molecular weight excluding hydrogens is 407 g/mol. The van der Waals surface area contributed by atoms with Crippen molar-refractivity contribution < 1.29 is 38.8 Å². The van der Waals surface area contributed by atoms with E-state index in [9.17, 15) is 38.8 Å². The van der Waals surface area contributed by atoms with Crippen molar-refractivity contribution in [1.29, 1.82) is 0 Å². The summed E-state index contributed by atoms with van der Waals surface area (Å²) in [7, 11) is -9.69. The molecule has 0 fully saturated rings. The lowest BCUT2D eigenvalue weighted by Crippen LogP contribution is -2.19. The van der Waals surface area contributed by atoms with Crippen LogP contribution in [0.4, 0.5) is 27.1 Å². The molecule has 132 valence electrons. The number of nitrogens with zero attached hydrogens (tertiary/aromatic N) is 2. The van der Waals surface area contributed by atoms with Gasteiger partial charge >= 0.3 is 0 Å². The van der Waals surface area contributed by atoms with E-state index in [2.05, 4.69) is 10.2 Å². The van der Waals surface area contributed by atoms with Crippen LogP contribution in [0.3, 0.4) is 0 Å². The van der Waals surface area contributed by atoms with Crippen molar-refractivity contribution in [2.75, 3.05) is 4.72 Å². The number of nitrogens with two attached hydrogens (primary N) is 1. The van der Waals surface area contributed by atoms with Gasteiger partial charge in [0.25, 0.3) is 20.0 Å². The first-order valence-electron chi connectivity index (χ1n) is 5.27. The average molecular weight is 410 g/mol. The molecule has 0 aliphatic heterocycles. The van der Waals surface area contributed by atoms with Gasteiger partial charge in [-0.15, -0.1) is 10.2 Å². The summed E-state index contributed by atoms with van der Waals surface area (Å²) in [5, 5.41) is 9.88. The van der Waals surface area contributed by atoms with Crippen LogP contribution in [-0.4, -0.2) is 27.0 Å². The zero-order valence-electron chi connectivity index (χ0n) is 10.7. The van der Waals surface area contributed by atoms with Crippen molar-refractivity contribution in [3.05, 3.63) is 29.1 Å². The van der Waals surface area contributed by atoms with Crippen molar-refractivity contribution in [2.45, 2.75) is 9.24 Å². The first-order valence-corrected chi connectivity index (χ1v) is 9.11. The van der Waals surface area contributed by atoms with E-state index in [0.717, 1.165) is 0 Å². The van der Waals surface area contributed by atoms with E-state index in [1.54, 1.807) is 0 Å². The number of anilines is 1. The van der Waals surface area contributed by atoms with E-state index < -0.39 is 63.5 Å². The van der Waals surface area contributed by atoms with Crippen molar-refractivity contribution in [2.24, 2.45) is 5.14 Å². The monoisotopic (exact) mass is 410 g/mol. The molecular formula is C8H3F5N4O4S3. The second-order valence-corrected chi connectivity index (χ2v) is 8.25. The Morgan fingerprint density at radius 3 is 1.71 bits per heavy atom. The maximum atomic E-state index is 13.5. The molecule has 0 atom stereocenters. The number of halogens is 5. The molecule has 0 saturated heterocycles. The van der Waals surface area contributed by atoms with Gasteiger partial charge in [-0.1, -0.05) is 11.3 Å². The summed E-state index contributed by atoms with van der Waals surface area (Å²) < 4.78 is 112. The van der Waals surface area contributed by atoms with Gasteiger partial charge in [-0.05, 0) is 0 Å². The molecule has 0 radical (unpaired) electrons. The Hall–Kier alpha value is -1.91. The van der Waals surface area contributed by atoms with Crippen molar-refractivity contribution in [3.8, 4) is 0 Å². The zero-order chi connectivity index (χ0) is 18.4. The molecule has 3 N–H and O–H groups in total. The fraction of sp³-hybridized carbons (Fsp3) is 0. The summed E-state index contributed by atoms with van der Waals surface area (Å²) in [6, 6.07) is 0. The molecule has 16 heteroatoms. The SMILES string of the molecule is NS(=O)(=O)c1nnc(NS(=O)(=O)c2c(F)c(F)c(F)c(F)c2F)s1. The number of primary sulfonamides is 1. The zero-order valence-corrected chi connectivity index (χ0v) is 13.2. The maximum Gasteiger partial charge on any atom is 0.269 e. The molecule has 0 spiro atoms. The van der Waals surface area contributed by atoms with Crippen LogP contribution in [0.1, 0.15) is 0 Å². The van der Waals surface area contributed by atoms with Crippen molar-refractivity contribution >= 4 is 36.5 Å². The lowest BCUT2D eigenvalue weighted by Gasteiger charge is -2.09. The van der Waals surface area contributed by atoms with Gasteiger partial charge in [0.1, 0.15) is 0 Å². The van der Waals surface area contributed by atoms with Crippen LogP contribution < -0.4 is 9.86 Å². The Kier molecular flexibility index (Phi) is 4.51. The summed E-state index contributed by atoms with van der Waals surface area (Å²) in [6.07, 6.45) is 0. The molecule has 2 aromatic rings. The van der Waals surface area contributed by atoms with E-state index in [-0.39, 0.29) is 11.3 Å². The topological polar surface area (TPSA) is 132 Å². The molecule has 0 bridgehead atoms. The van der Waals surface area contributed by atoms with Gasteiger partial charge < -0.3 is 0 Å². The minimum Gasteiger partial charge on any atom is -0.253 e. The normalized spacial score (nSPS) is 12.4. The van der Waals surface area contributed by atoms with Gasteiger partial charge in [-0.3, -0.25) is 4.72 Å². The smallest absolute Gasteiger partial charge is 0.253 e. The van der Waals surface area contributed by atoms with Crippen LogP contribution in [0.15, 0.2) is 9.24 Å². The van der Waals surface area contributed by atoms with Gasteiger partial charge in [-0.2, -0.15) is 0 Å². The molecule has 8 nitrogen and oxygen atoms in total. The van der Waals surface area contributed by atoms with Crippen molar-refractivity contribution in [3.63, 3.8) is 0 Å². The average Bonchev–Trinajstić information content (AvgIpc) is 2.90. The number of hydrogen-bond donors (Lipinski definition) is 2.